The second kappa shape index (κ2) is 5.54. The van der Waals surface area contributed by atoms with Crippen LogP contribution < -0.4 is 15.8 Å². The summed E-state index contributed by atoms with van der Waals surface area (Å²) < 4.78 is 0. The van der Waals surface area contributed by atoms with Crippen LogP contribution in [0.1, 0.15) is 0 Å². The van der Waals surface area contributed by atoms with Crippen molar-refractivity contribution in [1.82, 2.24) is 0 Å². The molecule has 0 aromatic heterocycles. The average molecular weight is 413 g/mol. The summed E-state index contributed by atoms with van der Waals surface area (Å²) in [6, 6.07) is 0. The molecule has 0 N–H and O–H groups in total. The summed E-state index contributed by atoms with van der Waals surface area (Å²) in [4.78, 5) is 0. The fourth-order valence-corrected chi connectivity index (χ4v) is 0. The molecule has 0 bridgehead atoms. The van der Waals surface area contributed by atoms with Gasteiger partial charge in [-0.3, -0.25) is 0 Å². The molecule has 0 fully saturated rings. The summed E-state index contributed by atoms with van der Waals surface area (Å²) in [5.41, 5.74) is 0. The van der Waals surface area contributed by atoms with E-state index in [1.54, 1.807) is 0 Å². The van der Waals surface area contributed by atoms with Gasteiger partial charge in [-0.05, 0) is 0 Å². The summed E-state index contributed by atoms with van der Waals surface area (Å²) in [7, 11) is 0. The van der Waals surface area contributed by atoms with Gasteiger partial charge in [0.25, 0.3) is 0 Å². The minimum atomic E-state index is 0.484. The summed E-state index contributed by atoms with van der Waals surface area (Å²) in [5, 5.41) is 0. The molecule has 0 saturated carbocycles. The van der Waals surface area contributed by atoms with Gasteiger partial charge in [0.1, 0.15) is 0 Å². The Morgan fingerprint density at radius 1 is 1.75 bits per heavy atom. The van der Waals surface area contributed by atoms with E-state index in [1.807, 2.05) is 6.10 Å². The van der Waals surface area contributed by atoms with E-state index in [0.29, 0.717) is 15.8 Å². The predicted molar refractivity (Wildman–Crippen MR) is 35.6 cm³/mol. The third-order valence-electron chi connectivity index (χ3n) is 0.0220. The first-order chi connectivity index (χ1) is 1.91. The zero-order chi connectivity index (χ0) is 3.41. The van der Waals surface area contributed by atoms with Gasteiger partial charge < -0.3 is 0 Å². The molecule has 0 radical (unpaired) electrons. The van der Waals surface area contributed by atoms with Gasteiger partial charge in [0.15, 0.2) is 0 Å². The van der Waals surface area contributed by atoms with E-state index in [2.05, 4.69) is 39.8 Å². The van der Waals surface area contributed by atoms with Gasteiger partial charge in [0.2, 0.25) is 0 Å². The number of hydrogen-bond donors (Lipinski definition) is 0. The van der Waals surface area contributed by atoms with Crippen molar-refractivity contribution in [2.45, 2.75) is 0 Å². The van der Waals surface area contributed by atoms with Crippen LogP contribution in [0.5, 0.6) is 0 Å². The minimum absolute atomic E-state index is 0.484. The van der Waals surface area contributed by atoms with Crippen LogP contribution in [0.15, 0.2) is 0 Å². The van der Waals surface area contributed by atoms with Gasteiger partial charge in [-0.2, -0.15) is 0 Å². The first kappa shape index (κ1) is 6.54. The van der Waals surface area contributed by atoms with Crippen LogP contribution in [0.2, 0.25) is 0 Å². The molecule has 0 rings (SSSR count). The Labute approximate surface area is 60.3 Å². The second-order valence-electron chi connectivity index (χ2n) is 0.117. The SMILES string of the molecule is IS[I-]I. The van der Waals surface area contributed by atoms with E-state index in [1.165, 1.54) is 0 Å². The van der Waals surface area contributed by atoms with Crippen LogP contribution in [0.25, 0.3) is 0 Å². The topological polar surface area (TPSA) is 0 Å². The third kappa shape index (κ3) is 4.54. The number of halogens is 3. The fraction of sp³-hybridized carbons (Fsp3) is 0. The predicted octanol–water partition coefficient (Wildman–Crippen LogP) is -0.576. The second-order valence-corrected chi connectivity index (χ2v) is 15.7. The van der Waals surface area contributed by atoms with E-state index in [9.17, 15) is 0 Å². The molecule has 0 heterocycles. The van der Waals surface area contributed by atoms with Crippen LogP contribution in [-0.4, -0.2) is 0 Å². The molecule has 0 aromatic rings. The van der Waals surface area contributed by atoms with Crippen molar-refractivity contribution in [3.8, 4) is 0 Å². The van der Waals surface area contributed by atoms with E-state index >= 15 is 0 Å². The van der Waals surface area contributed by atoms with Crippen molar-refractivity contribution in [2.75, 3.05) is 0 Å². The molecular weight excluding hydrogens is 413 g/mol. The van der Waals surface area contributed by atoms with Crippen molar-refractivity contribution < 1.29 is 15.8 Å². The maximum absolute atomic E-state index is 2.42. The molecule has 0 aliphatic heterocycles. The standard InChI is InChI=1S/I3S/c1-3-4-2/q-1. The molecule has 0 unspecified atom stereocenters. The summed E-state index contributed by atoms with van der Waals surface area (Å²) >= 11 is 5.21. The summed E-state index contributed by atoms with van der Waals surface area (Å²) in [5.74, 6) is 0. The summed E-state index contributed by atoms with van der Waals surface area (Å²) in [6.07, 6.45) is 1.92. The van der Waals surface area contributed by atoms with Crippen molar-refractivity contribution >= 4 is 45.9 Å². The number of hydrogen-bond acceptors (Lipinski definition) is 1. The van der Waals surface area contributed by atoms with Crippen LogP contribution in [0.4, 0.5) is 0 Å². The molecule has 0 nitrogen and oxygen atoms in total. The first-order valence-electron chi connectivity index (χ1n) is 0.451. The zero-order valence-electron chi connectivity index (χ0n) is 1.54. The van der Waals surface area contributed by atoms with Crippen LogP contribution >= 0.6 is 45.9 Å². The molecule has 0 spiro atoms. The van der Waals surface area contributed by atoms with Crippen LogP contribution in [-0.2, 0) is 0 Å². The van der Waals surface area contributed by atoms with Gasteiger partial charge in [-0.15, -0.1) is 0 Å². The van der Waals surface area contributed by atoms with E-state index in [4.69, 9.17) is 0 Å². The van der Waals surface area contributed by atoms with Crippen molar-refractivity contribution in [1.29, 1.82) is 0 Å². The Morgan fingerprint density at radius 3 is 2.00 bits per heavy atom. The van der Waals surface area contributed by atoms with E-state index in [-0.39, 0.29) is 0 Å². The van der Waals surface area contributed by atoms with Gasteiger partial charge in [-0.1, -0.05) is 0 Å². The Balaban J connectivity index is 1.97. The number of rotatable bonds is 1. The normalized spacial score (nSPS) is 8.50. The fourth-order valence-electron chi connectivity index (χ4n) is 0. The third-order valence-corrected chi connectivity index (χ3v) is 20.0. The van der Waals surface area contributed by atoms with Crippen molar-refractivity contribution in [3.63, 3.8) is 0 Å². The Kier molecular flexibility index (Phi) is 9.06. The summed E-state index contributed by atoms with van der Waals surface area (Å²) in [6.45, 7) is 0. The zero-order valence-corrected chi connectivity index (χ0v) is 8.83. The van der Waals surface area contributed by atoms with Crippen LogP contribution in [0.3, 0.4) is 0 Å². The molecular formula is I3S-. The molecule has 0 saturated heterocycles. The molecule has 0 amide bonds. The quantitative estimate of drug-likeness (QED) is 0.520. The Morgan fingerprint density at radius 2 is 2.00 bits per heavy atom. The van der Waals surface area contributed by atoms with E-state index in [0.717, 1.165) is 0 Å². The molecule has 4 heteroatoms. The molecule has 28 valence electrons. The maximum atomic E-state index is 2.42. The van der Waals surface area contributed by atoms with E-state index < -0.39 is 0 Å². The average Bonchev–Trinajstić information content (AvgIpc) is 1.37. The molecule has 0 atom stereocenters. The molecule has 0 aliphatic carbocycles. The molecule has 4 heavy (non-hydrogen) atoms. The van der Waals surface area contributed by atoms with Crippen molar-refractivity contribution in [3.05, 3.63) is 0 Å². The molecule has 0 aliphatic rings. The van der Waals surface area contributed by atoms with Gasteiger partial charge >= 0.3 is 61.8 Å². The Hall–Kier alpha value is 2.54. The van der Waals surface area contributed by atoms with Gasteiger partial charge in [0.05, 0.1) is 0 Å². The van der Waals surface area contributed by atoms with Crippen LogP contribution in [0, 0.1) is 0 Å². The van der Waals surface area contributed by atoms with Crippen molar-refractivity contribution in [2.24, 2.45) is 0 Å². The first-order valence-corrected chi connectivity index (χ1v) is 12.6. The monoisotopic (exact) mass is 413 g/mol. The van der Waals surface area contributed by atoms with Gasteiger partial charge in [-0.25, -0.2) is 0 Å². The Bertz CT molecular complexity index is 5.25. The molecule has 0 aromatic carbocycles. The van der Waals surface area contributed by atoms with Gasteiger partial charge in [0, 0.05) is 0 Å².